The van der Waals surface area contributed by atoms with Crippen molar-refractivity contribution < 1.29 is 14.3 Å². The molecule has 0 aromatic carbocycles. The standard InChI is InChI=1S/C20H24N2O3S/c1-14-9-18(26-15(14)2)19(23)22-12-20(13-22)17(5-8-25-20)11-24-10-16-3-6-21-7-4-16/h3-4,6-7,9,17H,5,8,10-13H2,1-2H3/t17-/m1/s1. The maximum absolute atomic E-state index is 12.7. The van der Waals surface area contributed by atoms with Crippen molar-refractivity contribution in [3.8, 4) is 0 Å². The fourth-order valence-electron chi connectivity index (χ4n) is 3.75. The number of nitrogens with zero attached hydrogens (tertiary/aromatic N) is 2. The van der Waals surface area contributed by atoms with Crippen molar-refractivity contribution in [3.05, 3.63) is 51.5 Å². The van der Waals surface area contributed by atoms with Gasteiger partial charge < -0.3 is 14.4 Å². The zero-order valence-electron chi connectivity index (χ0n) is 15.2. The molecule has 2 aromatic heterocycles. The van der Waals surface area contributed by atoms with Crippen LogP contribution in [0.4, 0.5) is 0 Å². The molecule has 1 atom stereocenters. The van der Waals surface area contributed by atoms with Crippen molar-refractivity contribution in [3.63, 3.8) is 0 Å². The maximum atomic E-state index is 12.7. The molecule has 0 unspecified atom stereocenters. The van der Waals surface area contributed by atoms with Crippen molar-refractivity contribution in [1.29, 1.82) is 0 Å². The van der Waals surface area contributed by atoms with Gasteiger partial charge in [0.25, 0.3) is 5.91 Å². The first-order chi connectivity index (χ1) is 12.6. The Hall–Kier alpha value is -1.76. The summed E-state index contributed by atoms with van der Waals surface area (Å²) >= 11 is 1.58. The van der Waals surface area contributed by atoms with Crippen LogP contribution in [0.15, 0.2) is 30.6 Å². The molecule has 6 heteroatoms. The van der Waals surface area contributed by atoms with Gasteiger partial charge in [-0.3, -0.25) is 9.78 Å². The van der Waals surface area contributed by atoms with Crippen molar-refractivity contribution >= 4 is 17.2 Å². The van der Waals surface area contributed by atoms with E-state index in [2.05, 4.69) is 18.8 Å². The Balaban J connectivity index is 1.32. The van der Waals surface area contributed by atoms with Crippen LogP contribution in [0.25, 0.3) is 0 Å². The van der Waals surface area contributed by atoms with E-state index in [1.165, 1.54) is 10.4 Å². The van der Waals surface area contributed by atoms with E-state index in [1.807, 2.05) is 23.1 Å². The third-order valence-corrected chi connectivity index (χ3v) is 6.66. The van der Waals surface area contributed by atoms with Crippen LogP contribution in [0.2, 0.25) is 0 Å². The number of carbonyl (C=O) groups excluding carboxylic acids is 1. The third kappa shape index (κ3) is 3.29. The number of hydrogen-bond donors (Lipinski definition) is 0. The molecule has 1 amide bonds. The second-order valence-corrected chi connectivity index (χ2v) is 8.54. The minimum Gasteiger partial charge on any atom is -0.376 e. The van der Waals surface area contributed by atoms with E-state index in [0.717, 1.165) is 23.5 Å². The SMILES string of the molecule is Cc1cc(C(=O)N2CC3(C2)OCC[C@@H]3COCc2ccncc2)sc1C. The maximum Gasteiger partial charge on any atom is 0.264 e. The van der Waals surface area contributed by atoms with Crippen molar-refractivity contribution in [2.75, 3.05) is 26.3 Å². The van der Waals surface area contributed by atoms with E-state index in [-0.39, 0.29) is 11.5 Å². The predicted octanol–water partition coefficient (Wildman–Crippen LogP) is 3.21. The zero-order chi connectivity index (χ0) is 18.1. The molecule has 5 nitrogen and oxygen atoms in total. The molecule has 2 saturated heterocycles. The number of aromatic nitrogens is 1. The number of likely N-dealkylation sites (tertiary alicyclic amines) is 1. The number of rotatable bonds is 5. The highest BCUT2D eigenvalue weighted by Gasteiger charge is 2.54. The van der Waals surface area contributed by atoms with Gasteiger partial charge in [-0.05, 0) is 49.6 Å². The summed E-state index contributed by atoms with van der Waals surface area (Å²) in [7, 11) is 0. The van der Waals surface area contributed by atoms with Gasteiger partial charge in [0.2, 0.25) is 0 Å². The molecule has 4 heterocycles. The predicted molar refractivity (Wildman–Crippen MR) is 100 cm³/mol. The van der Waals surface area contributed by atoms with E-state index in [4.69, 9.17) is 9.47 Å². The van der Waals surface area contributed by atoms with Crippen LogP contribution in [0.3, 0.4) is 0 Å². The van der Waals surface area contributed by atoms with Crippen LogP contribution in [0, 0.1) is 19.8 Å². The van der Waals surface area contributed by atoms with Crippen LogP contribution in [-0.2, 0) is 16.1 Å². The van der Waals surface area contributed by atoms with E-state index in [1.54, 1.807) is 23.7 Å². The Kier molecular flexibility index (Phi) is 4.82. The molecule has 0 saturated carbocycles. The molecule has 0 N–H and O–H groups in total. The molecule has 2 aliphatic rings. The van der Waals surface area contributed by atoms with E-state index in [0.29, 0.717) is 32.2 Å². The van der Waals surface area contributed by atoms with Gasteiger partial charge in [0.15, 0.2) is 0 Å². The van der Waals surface area contributed by atoms with Gasteiger partial charge >= 0.3 is 0 Å². The van der Waals surface area contributed by atoms with Crippen LogP contribution in [0.5, 0.6) is 0 Å². The molecule has 0 radical (unpaired) electrons. The van der Waals surface area contributed by atoms with Gasteiger partial charge in [-0.1, -0.05) is 0 Å². The summed E-state index contributed by atoms with van der Waals surface area (Å²) in [6, 6.07) is 5.93. The summed E-state index contributed by atoms with van der Waals surface area (Å²) < 4.78 is 12.0. The highest BCUT2D eigenvalue weighted by atomic mass is 32.1. The van der Waals surface area contributed by atoms with E-state index < -0.39 is 0 Å². The summed E-state index contributed by atoms with van der Waals surface area (Å²) in [6.07, 6.45) is 4.56. The topological polar surface area (TPSA) is 51.7 Å². The summed E-state index contributed by atoms with van der Waals surface area (Å²) in [5.41, 5.74) is 2.10. The fourth-order valence-corrected chi connectivity index (χ4v) is 4.75. The van der Waals surface area contributed by atoms with Gasteiger partial charge in [-0.15, -0.1) is 11.3 Å². The minimum atomic E-state index is -0.213. The number of aryl methyl sites for hydroxylation is 2. The summed E-state index contributed by atoms with van der Waals surface area (Å²) in [5, 5.41) is 0. The monoisotopic (exact) mass is 372 g/mol. The average molecular weight is 372 g/mol. The number of amides is 1. The second kappa shape index (κ2) is 7.10. The van der Waals surface area contributed by atoms with Gasteiger partial charge in [0, 0.05) is 29.8 Å². The van der Waals surface area contributed by atoms with Crippen LogP contribution >= 0.6 is 11.3 Å². The summed E-state index contributed by atoms with van der Waals surface area (Å²) in [4.78, 5) is 20.7. The molecule has 2 aliphatic heterocycles. The Bertz CT molecular complexity index is 764. The van der Waals surface area contributed by atoms with Crippen LogP contribution in [0.1, 0.15) is 32.1 Å². The molecule has 1 spiro atoms. The summed E-state index contributed by atoms with van der Waals surface area (Å²) in [5.74, 6) is 0.476. The average Bonchev–Trinajstić information content (AvgIpc) is 3.18. The lowest BCUT2D eigenvalue weighted by Gasteiger charge is -2.50. The quantitative estimate of drug-likeness (QED) is 0.809. The van der Waals surface area contributed by atoms with Crippen LogP contribution < -0.4 is 0 Å². The van der Waals surface area contributed by atoms with Gasteiger partial charge in [0.1, 0.15) is 5.60 Å². The molecule has 0 aliphatic carbocycles. The normalized spacial score (nSPS) is 21.2. The van der Waals surface area contributed by atoms with E-state index >= 15 is 0 Å². The van der Waals surface area contributed by atoms with Gasteiger partial charge in [-0.25, -0.2) is 0 Å². The van der Waals surface area contributed by atoms with Crippen LogP contribution in [-0.4, -0.2) is 47.7 Å². The lowest BCUT2D eigenvalue weighted by molar-refractivity contribution is -0.128. The van der Waals surface area contributed by atoms with E-state index in [9.17, 15) is 4.79 Å². The van der Waals surface area contributed by atoms with Crippen molar-refractivity contribution in [2.24, 2.45) is 5.92 Å². The Morgan fingerprint density at radius 1 is 1.38 bits per heavy atom. The highest BCUT2D eigenvalue weighted by molar-refractivity contribution is 7.14. The summed E-state index contributed by atoms with van der Waals surface area (Å²) in [6.45, 7) is 7.47. The first kappa shape index (κ1) is 17.6. The number of pyridine rings is 1. The first-order valence-electron chi connectivity index (χ1n) is 9.04. The Morgan fingerprint density at radius 3 is 2.85 bits per heavy atom. The van der Waals surface area contributed by atoms with Crippen molar-refractivity contribution in [1.82, 2.24) is 9.88 Å². The lowest BCUT2D eigenvalue weighted by Crippen LogP contribution is -2.66. The second-order valence-electron chi connectivity index (χ2n) is 7.28. The molecule has 2 aromatic rings. The first-order valence-corrected chi connectivity index (χ1v) is 9.86. The smallest absolute Gasteiger partial charge is 0.264 e. The zero-order valence-corrected chi connectivity index (χ0v) is 16.1. The molecular weight excluding hydrogens is 348 g/mol. The molecule has 2 fully saturated rings. The minimum absolute atomic E-state index is 0.128. The Labute approximate surface area is 157 Å². The fraction of sp³-hybridized carbons (Fsp3) is 0.500. The molecule has 4 rings (SSSR count). The Morgan fingerprint density at radius 2 is 2.15 bits per heavy atom. The number of hydrogen-bond acceptors (Lipinski definition) is 5. The van der Waals surface area contributed by atoms with Crippen molar-refractivity contribution in [2.45, 2.75) is 32.5 Å². The van der Waals surface area contributed by atoms with Gasteiger partial charge in [-0.2, -0.15) is 0 Å². The number of carbonyl (C=O) groups is 1. The molecule has 0 bridgehead atoms. The molecule has 138 valence electrons. The number of ether oxygens (including phenoxy) is 2. The largest absolute Gasteiger partial charge is 0.376 e. The lowest BCUT2D eigenvalue weighted by atomic mass is 9.81. The molecular formula is C20H24N2O3S. The van der Waals surface area contributed by atoms with Gasteiger partial charge in [0.05, 0.1) is 31.2 Å². The third-order valence-electron chi connectivity index (χ3n) is 5.52. The molecule has 26 heavy (non-hydrogen) atoms. The highest BCUT2D eigenvalue weighted by Crippen LogP contribution is 2.41. The number of thiophene rings is 1.